The van der Waals surface area contributed by atoms with E-state index in [4.69, 9.17) is 4.74 Å². The summed E-state index contributed by atoms with van der Waals surface area (Å²) in [6, 6.07) is 7.63. The zero-order valence-corrected chi connectivity index (χ0v) is 12.8. The molecular formula is C14H18N4O5. The third-order valence-electron chi connectivity index (χ3n) is 3.27. The fourth-order valence-corrected chi connectivity index (χ4v) is 2.17. The van der Waals surface area contributed by atoms with Crippen molar-refractivity contribution in [2.75, 3.05) is 25.1 Å². The van der Waals surface area contributed by atoms with Gasteiger partial charge in [-0.2, -0.15) is 5.01 Å². The van der Waals surface area contributed by atoms with E-state index in [1.54, 1.807) is 37.3 Å². The van der Waals surface area contributed by atoms with Crippen LogP contribution < -0.4 is 10.3 Å². The molecule has 0 bridgehead atoms. The van der Waals surface area contributed by atoms with Crippen LogP contribution >= 0.6 is 0 Å². The minimum Gasteiger partial charge on any atom is -0.463 e. The second-order valence-electron chi connectivity index (χ2n) is 4.80. The molecule has 1 saturated heterocycles. The SMILES string of the molecule is CCNC(=O)OC1CN(N(C(=O)O)c2ccccc2)C(=O)N1C. The molecule has 0 aliphatic carbocycles. The van der Waals surface area contributed by atoms with E-state index in [0.717, 1.165) is 10.0 Å². The number of nitrogens with zero attached hydrogens (tertiary/aromatic N) is 3. The Morgan fingerprint density at radius 3 is 2.61 bits per heavy atom. The highest BCUT2D eigenvalue weighted by Crippen LogP contribution is 2.23. The Morgan fingerprint density at radius 1 is 1.39 bits per heavy atom. The molecule has 9 heteroatoms. The topological polar surface area (TPSA) is 102 Å². The van der Waals surface area contributed by atoms with Crippen LogP contribution in [0.3, 0.4) is 0 Å². The van der Waals surface area contributed by atoms with Gasteiger partial charge in [-0.1, -0.05) is 18.2 Å². The average molecular weight is 322 g/mol. The summed E-state index contributed by atoms with van der Waals surface area (Å²) < 4.78 is 5.12. The van der Waals surface area contributed by atoms with Crippen LogP contribution in [-0.4, -0.2) is 59.6 Å². The number of anilines is 1. The summed E-state index contributed by atoms with van der Waals surface area (Å²) in [5.41, 5.74) is 0.320. The third-order valence-corrected chi connectivity index (χ3v) is 3.27. The highest BCUT2D eigenvalue weighted by Gasteiger charge is 2.42. The van der Waals surface area contributed by atoms with Crippen molar-refractivity contribution in [3.63, 3.8) is 0 Å². The number of hydrogen-bond acceptors (Lipinski definition) is 4. The van der Waals surface area contributed by atoms with Crippen molar-refractivity contribution in [1.82, 2.24) is 15.2 Å². The predicted octanol–water partition coefficient (Wildman–Crippen LogP) is 1.53. The molecule has 1 unspecified atom stereocenters. The lowest BCUT2D eigenvalue weighted by Gasteiger charge is -2.27. The lowest BCUT2D eigenvalue weighted by molar-refractivity contribution is 0.0431. The van der Waals surface area contributed by atoms with Gasteiger partial charge >= 0.3 is 18.2 Å². The summed E-state index contributed by atoms with van der Waals surface area (Å²) in [7, 11) is 1.44. The van der Waals surface area contributed by atoms with E-state index < -0.39 is 24.4 Å². The Morgan fingerprint density at radius 2 is 2.04 bits per heavy atom. The Labute approximate surface area is 133 Å². The van der Waals surface area contributed by atoms with Gasteiger partial charge in [0.05, 0.1) is 5.69 Å². The molecule has 23 heavy (non-hydrogen) atoms. The molecule has 2 N–H and O–H groups in total. The van der Waals surface area contributed by atoms with Crippen molar-refractivity contribution in [3.8, 4) is 0 Å². The number of amides is 4. The maximum Gasteiger partial charge on any atom is 0.431 e. The zero-order chi connectivity index (χ0) is 17.0. The molecule has 1 aromatic carbocycles. The highest BCUT2D eigenvalue weighted by molar-refractivity contribution is 5.91. The number of rotatable bonds is 4. The molecule has 124 valence electrons. The second kappa shape index (κ2) is 6.86. The molecule has 1 fully saturated rings. The number of benzene rings is 1. The number of carbonyl (C=O) groups is 3. The van der Waals surface area contributed by atoms with Crippen molar-refractivity contribution in [3.05, 3.63) is 30.3 Å². The van der Waals surface area contributed by atoms with E-state index in [2.05, 4.69) is 5.32 Å². The Bertz CT molecular complexity index is 594. The fraction of sp³-hybridized carbons (Fsp3) is 0.357. The largest absolute Gasteiger partial charge is 0.463 e. The summed E-state index contributed by atoms with van der Waals surface area (Å²) in [6.45, 7) is 2.03. The summed E-state index contributed by atoms with van der Waals surface area (Å²) in [5, 5.41) is 13.7. The number of nitrogens with one attached hydrogen (secondary N) is 1. The molecule has 1 atom stereocenters. The molecule has 9 nitrogen and oxygen atoms in total. The van der Waals surface area contributed by atoms with Crippen LogP contribution in [0.25, 0.3) is 0 Å². The molecule has 1 aliphatic heterocycles. The van der Waals surface area contributed by atoms with Gasteiger partial charge in [-0.15, -0.1) is 0 Å². The van der Waals surface area contributed by atoms with E-state index >= 15 is 0 Å². The van der Waals surface area contributed by atoms with Crippen molar-refractivity contribution >= 4 is 23.9 Å². The van der Waals surface area contributed by atoms with E-state index in [0.29, 0.717) is 12.2 Å². The quantitative estimate of drug-likeness (QED) is 0.875. The molecule has 0 radical (unpaired) electrons. The normalized spacial score (nSPS) is 17.1. The smallest absolute Gasteiger partial charge is 0.431 e. The zero-order valence-electron chi connectivity index (χ0n) is 12.8. The maximum absolute atomic E-state index is 12.3. The number of alkyl carbamates (subject to hydrolysis) is 1. The predicted molar refractivity (Wildman–Crippen MR) is 80.8 cm³/mol. The van der Waals surface area contributed by atoms with E-state index in [1.165, 1.54) is 11.9 Å². The van der Waals surface area contributed by atoms with Crippen LogP contribution in [0.4, 0.5) is 20.1 Å². The highest BCUT2D eigenvalue weighted by atomic mass is 16.6. The number of para-hydroxylation sites is 1. The number of carbonyl (C=O) groups excluding carboxylic acids is 2. The number of hydrogen-bond donors (Lipinski definition) is 2. The number of carboxylic acid groups (broad SMARTS) is 1. The van der Waals surface area contributed by atoms with Gasteiger partial charge in [0.2, 0.25) is 6.23 Å². The summed E-state index contributed by atoms with van der Waals surface area (Å²) >= 11 is 0. The summed E-state index contributed by atoms with van der Waals surface area (Å²) in [6.07, 6.45) is -2.85. The number of urea groups is 1. The monoisotopic (exact) mass is 322 g/mol. The van der Waals surface area contributed by atoms with E-state index in [9.17, 15) is 19.5 Å². The van der Waals surface area contributed by atoms with Crippen LogP contribution in [0, 0.1) is 0 Å². The van der Waals surface area contributed by atoms with E-state index in [1.807, 2.05) is 0 Å². The standard InChI is InChI=1S/C14H18N4O5/c1-3-15-12(19)23-11-9-17(13(20)16(11)2)18(14(21)22)10-7-5-4-6-8-10/h4-8,11H,3,9H2,1-2H3,(H,15,19)(H,21,22). The van der Waals surface area contributed by atoms with Crippen LogP contribution in [-0.2, 0) is 4.74 Å². The Kier molecular flexibility index (Phi) is 4.89. The van der Waals surface area contributed by atoms with Gasteiger partial charge < -0.3 is 15.2 Å². The van der Waals surface area contributed by atoms with Crippen molar-refractivity contribution in [2.24, 2.45) is 0 Å². The van der Waals surface area contributed by atoms with Crippen LogP contribution in [0.5, 0.6) is 0 Å². The first-order valence-corrected chi connectivity index (χ1v) is 7.02. The van der Waals surface area contributed by atoms with Crippen molar-refractivity contribution in [2.45, 2.75) is 13.2 Å². The van der Waals surface area contributed by atoms with Gasteiger partial charge in [0.15, 0.2) is 0 Å². The Hall–Kier alpha value is -2.97. The summed E-state index contributed by atoms with van der Waals surface area (Å²) in [4.78, 5) is 36.6. The van der Waals surface area contributed by atoms with Crippen molar-refractivity contribution in [1.29, 1.82) is 0 Å². The van der Waals surface area contributed by atoms with Gasteiger partial charge in [-0.05, 0) is 19.1 Å². The van der Waals surface area contributed by atoms with Crippen LogP contribution in [0.2, 0.25) is 0 Å². The first-order valence-electron chi connectivity index (χ1n) is 7.02. The first-order chi connectivity index (χ1) is 11.0. The average Bonchev–Trinajstić information content (AvgIpc) is 2.77. The van der Waals surface area contributed by atoms with Crippen LogP contribution in [0.1, 0.15) is 6.92 Å². The van der Waals surface area contributed by atoms with E-state index in [-0.39, 0.29) is 6.54 Å². The summed E-state index contributed by atoms with van der Waals surface area (Å²) in [5.74, 6) is 0. The van der Waals surface area contributed by atoms with Gasteiger partial charge in [-0.3, -0.25) is 4.90 Å². The number of ether oxygens (including phenoxy) is 1. The molecule has 1 aliphatic rings. The maximum atomic E-state index is 12.3. The first kappa shape index (κ1) is 16.4. The fourth-order valence-electron chi connectivity index (χ4n) is 2.17. The molecule has 2 rings (SSSR count). The minimum atomic E-state index is -1.31. The van der Waals surface area contributed by atoms with Gasteiger partial charge in [0.25, 0.3) is 0 Å². The lowest BCUT2D eigenvalue weighted by atomic mass is 10.3. The number of hydrazine groups is 1. The molecule has 0 aromatic heterocycles. The van der Waals surface area contributed by atoms with Gasteiger partial charge in [-0.25, -0.2) is 19.4 Å². The Balaban J connectivity index is 2.19. The van der Waals surface area contributed by atoms with Crippen LogP contribution in [0.15, 0.2) is 30.3 Å². The van der Waals surface area contributed by atoms with Crippen molar-refractivity contribution < 1.29 is 24.2 Å². The van der Waals surface area contributed by atoms with Gasteiger partial charge in [0, 0.05) is 13.6 Å². The molecular weight excluding hydrogens is 304 g/mol. The molecule has 1 aromatic rings. The molecule has 0 spiro atoms. The molecule has 0 saturated carbocycles. The molecule has 1 heterocycles. The molecule has 4 amide bonds. The third kappa shape index (κ3) is 3.44. The second-order valence-corrected chi connectivity index (χ2v) is 4.80. The van der Waals surface area contributed by atoms with Gasteiger partial charge in [0.1, 0.15) is 6.54 Å². The number of likely N-dealkylation sites (N-methyl/N-ethyl adjacent to an activating group) is 1. The lowest BCUT2D eigenvalue weighted by Crippen LogP contribution is -2.48. The minimum absolute atomic E-state index is 0.0896.